The normalized spacial score (nSPS) is 11.2. The molecule has 0 aliphatic rings. The van der Waals surface area contributed by atoms with E-state index in [-0.39, 0.29) is 12.5 Å². The highest BCUT2D eigenvalue weighted by Gasteiger charge is 2.15. The van der Waals surface area contributed by atoms with Crippen molar-refractivity contribution in [2.24, 2.45) is 0 Å². The molecule has 28 heavy (non-hydrogen) atoms. The van der Waals surface area contributed by atoms with Crippen LogP contribution in [0.2, 0.25) is 0 Å². The van der Waals surface area contributed by atoms with Crippen LogP contribution in [0.4, 0.5) is 4.79 Å². The summed E-state index contributed by atoms with van der Waals surface area (Å²) in [7, 11) is 0. The first-order valence-corrected chi connectivity index (χ1v) is 9.10. The fourth-order valence-corrected chi connectivity index (χ4v) is 2.72. The van der Waals surface area contributed by atoms with Crippen molar-refractivity contribution in [2.75, 3.05) is 13.1 Å². The fraction of sp³-hybridized carbons (Fsp3) is 0.286. The summed E-state index contributed by atoms with van der Waals surface area (Å²) in [5.74, 6) is -0.231. The molecule has 7 nitrogen and oxygen atoms in total. The molecule has 0 atom stereocenters. The lowest BCUT2D eigenvalue weighted by Crippen LogP contribution is -2.37. The standard InChI is InChI=1S/C21H24N4O3/c1-21(2,3)28-20(27)24-10-9-23-19(26)18-12-16-11-14(6-7-17(16)25-18)15-5-4-8-22-13-15/h4-8,11-13,25H,9-10H2,1-3H3,(H,23,26)(H,24,27). The molecule has 2 amide bonds. The zero-order chi connectivity index (χ0) is 20.1. The predicted molar refractivity (Wildman–Crippen MR) is 108 cm³/mol. The molecule has 0 bridgehead atoms. The van der Waals surface area contributed by atoms with E-state index in [4.69, 9.17) is 4.74 Å². The Morgan fingerprint density at radius 1 is 1.07 bits per heavy atom. The number of hydrogen-bond donors (Lipinski definition) is 3. The van der Waals surface area contributed by atoms with Crippen LogP contribution in [-0.4, -0.2) is 40.7 Å². The molecule has 3 rings (SSSR count). The molecule has 2 heterocycles. The Labute approximate surface area is 163 Å². The second-order valence-electron chi connectivity index (χ2n) is 7.41. The molecule has 3 N–H and O–H groups in total. The van der Waals surface area contributed by atoms with Crippen LogP contribution >= 0.6 is 0 Å². The summed E-state index contributed by atoms with van der Waals surface area (Å²) in [4.78, 5) is 31.2. The number of rotatable bonds is 5. The van der Waals surface area contributed by atoms with Crippen LogP contribution in [0.25, 0.3) is 22.0 Å². The van der Waals surface area contributed by atoms with Gasteiger partial charge in [-0.2, -0.15) is 0 Å². The van der Waals surface area contributed by atoms with E-state index in [1.165, 1.54) is 0 Å². The number of aromatic nitrogens is 2. The molecule has 146 valence electrons. The van der Waals surface area contributed by atoms with Crippen molar-refractivity contribution in [3.8, 4) is 11.1 Å². The minimum absolute atomic E-state index is 0.231. The highest BCUT2D eigenvalue weighted by atomic mass is 16.6. The summed E-state index contributed by atoms with van der Waals surface area (Å²) in [5, 5.41) is 6.32. The Morgan fingerprint density at radius 3 is 2.57 bits per heavy atom. The largest absolute Gasteiger partial charge is 0.444 e. The summed E-state index contributed by atoms with van der Waals surface area (Å²) in [6.45, 7) is 5.97. The molecule has 3 aromatic rings. The van der Waals surface area contributed by atoms with Crippen LogP contribution in [0, 0.1) is 0 Å². The first-order valence-electron chi connectivity index (χ1n) is 9.10. The van der Waals surface area contributed by atoms with E-state index in [1.54, 1.807) is 33.2 Å². The van der Waals surface area contributed by atoms with Gasteiger partial charge in [0.25, 0.3) is 5.91 Å². The van der Waals surface area contributed by atoms with E-state index in [2.05, 4.69) is 20.6 Å². The van der Waals surface area contributed by atoms with Gasteiger partial charge in [0, 0.05) is 41.9 Å². The number of fused-ring (bicyclic) bond motifs is 1. The SMILES string of the molecule is CC(C)(C)OC(=O)NCCNC(=O)c1cc2cc(-c3cccnc3)ccc2[nH]1. The molecule has 0 saturated heterocycles. The maximum atomic E-state index is 12.3. The van der Waals surface area contributed by atoms with Crippen LogP contribution < -0.4 is 10.6 Å². The average Bonchev–Trinajstić information content (AvgIpc) is 3.08. The van der Waals surface area contributed by atoms with E-state index in [0.29, 0.717) is 12.2 Å². The third-order valence-electron chi connectivity index (χ3n) is 3.94. The van der Waals surface area contributed by atoms with E-state index >= 15 is 0 Å². The Kier molecular flexibility index (Phi) is 5.63. The third-order valence-corrected chi connectivity index (χ3v) is 3.94. The average molecular weight is 380 g/mol. The minimum Gasteiger partial charge on any atom is -0.444 e. The van der Waals surface area contributed by atoms with Crippen molar-refractivity contribution in [3.05, 3.63) is 54.5 Å². The monoisotopic (exact) mass is 380 g/mol. The summed E-state index contributed by atoms with van der Waals surface area (Å²) >= 11 is 0. The summed E-state index contributed by atoms with van der Waals surface area (Å²) in [5.41, 5.74) is 2.85. The van der Waals surface area contributed by atoms with Gasteiger partial charge in [-0.3, -0.25) is 9.78 Å². The minimum atomic E-state index is -0.549. The predicted octanol–water partition coefficient (Wildman–Crippen LogP) is 3.48. The lowest BCUT2D eigenvalue weighted by molar-refractivity contribution is 0.0526. The van der Waals surface area contributed by atoms with E-state index in [1.807, 2.05) is 36.4 Å². The van der Waals surface area contributed by atoms with Crippen LogP contribution in [0.15, 0.2) is 48.8 Å². The van der Waals surface area contributed by atoms with Crippen molar-refractivity contribution >= 4 is 22.9 Å². The van der Waals surface area contributed by atoms with Gasteiger partial charge in [0.2, 0.25) is 0 Å². The number of benzene rings is 1. The maximum Gasteiger partial charge on any atom is 0.407 e. The number of carbonyl (C=O) groups is 2. The second kappa shape index (κ2) is 8.12. The van der Waals surface area contributed by atoms with Gasteiger partial charge >= 0.3 is 6.09 Å². The van der Waals surface area contributed by atoms with Crippen LogP contribution in [0.5, 0.6) is 0 Å². The van der Waals surface area contributed by atoms with Gasteiger partial charge in [-0.25, -0.2) is 4.79 Å². The Balaban J connectivity index is 1.58. The molecule has 0 saturated carbocycles. The molecular weight excluding hydrogens is 356 g/mol. The quantitative estimate of drug-likeness (QED) is 0.591. The molecule has 2 aromatic heterocycles. The van der Waals surface area contributed by atoms with Crippen molar-refractivity contribution in [2.45, 2.75) is 26.4 Å². The smallest absolute Gasteiger partial charge is 0.407 e. The van der Waals surface area contributed by atoms with Gasteiger partial charge < -0.3 is 20.4 Å². The number of H-pyrrole nitrogens is 1. The van der Waals surface area contributed by atoms with E-state index < -0.39 is 11.7 Å². The second-order valence-corrected chi connectivity index (χ2v) is 7.41. The lowest BCUT2D eigenvalue weighted by atomic mass is 10.1. The van der Waals surface area contributed by atoms with Crippen molar-refractivity contribution in [3.63, 3.8) is 0 Å². The molecule has 0 aliphatic carbocycles. The Hall–Kier alpha value is -3.35. The van der Waals surface area contributed by atoms with Gasteiger partial charge in [0.1, 0.15) is 11.3 Å². The highest BCUT2D eigenvalue weighted by molar-refractivity contribution is 5.98. The van der Waals surface area contributed by atoms with Crippen molar-refractivity contribution < 1.29 is 14.3 Å². The molecule has 1 aromatic carbocycles. The van der Waals surface area contributed by atoms with Gasteiger partial charge in [-0.1, -0.05) is 12.1 Å². The van der Waals surface area contributed by atoms with Crippen LogP contribution in [0.1, 0.15) is 31.3 Å². The summed E-state index contributed by atoms with van der Waals surface area (Å²) < 4.78 is 5.14. The number of pyridine rings is 1. The highest BCUT2D eigenvalue weighted by Crippen LogP contribution is 2.24. The maximum absolute atomic E-state index is 12.3. The molecule has 0 spiro atoms. The summed E-state index contributed by atoms with van der Waals surface area (Å²) in [6, 6.07) is 11.6. The molecule has 0 unspecified atom stereocenters. The topological polar surface area (TPSA) is 96.1 Å². The van der Waals surface area contributed by atoms with Crippen LogP contribution in [-0.2, 0) is 4.74 Å². The lowest BCUT2D eigenvalue weighted by Gasteiger charge is -2.19. The molecule has 7 heteroatoms. The van der Waals surface area contributed by atoms with Crippen molar-refractivity contribution in [1.29, 1.82) is 0 Å². The molecule has 0 fully saturated rings. The number of ether oxygens (including phenoxy) is 1. The number of carbonyl (C=O) groups excluding carboxylic acids is 2. The number of nitrogens with one attached hydrogen (secondary N) is 3. The first-order chi connectivity index (χ1) is 13.3. The number of alkyl carbamates (subject to hydrolysis) is 1. The van der Waals surface area contributed by atoms with Gasteiger partial charge in [-0.15, -0.1) is 0 Å². The van der Waals surface area contributed by atoms with Gasteiger partial charge in [0.05, 0.1) is 0 Å². The summed E-state index contributed by atoms with van der Waals surface area (Å²) in [6.07, 6.45) is 3.03. The molecular formula is C21H24N4O3. The Morgan fingerprint density at radius 2 is 1.86 bits per heavy atom. The van der Waals surface area contributed by atoms with Gasteiger partial charge in [0.15, 0.2) is 0 Å². The third kappa shape index (κ3) is 5.09. The number of nitrogens with zero attached hydrogens (tertiary/aromatic N) is 1. The first kappa shape index (κ1) is 19.4. The number of aromatic amines is 1. The number of amides is 2. The molecule has 0 radical (unpaired) electrons. The van der Waals surface area contributed by atoms with E-state index in [9.17, 15) is 9.59 Å². The van der Waals surface area contributed by atoms with Gasteiger partial charge in [-0.05, 0) is 50.6 Å². The number of hydrogen-bond acceptors (Lipinski definition) is 4. The van der Waals surface area contributed by atoms with E-state index in [0.717, 1.165) is 22.0 Å². The zero-order valence-corrected chi connectivity index (χ0v) is 16.2. The Bertz CT molecular complexity index is 974. The van der Waals surface area contributed by atoms with Crippen LogP contribution in [0.3, 0.4) is 0 Å². The van der Waals surface area contributed by atoms with Crippen molar-refractivity contribution in [1.82, 2.24) is 20.6 Å². The zero-order valence-electron chi connectivity index (χ0n) is 16.2. The fourth-order valence-electron chi connectivity index (χ4n) is 2.72. The molecule has 0 aliphatic heterocycles.